The number of carbonyl (C=O) groups excluding carboxylic acids is 3. The zero-order chi connectivity index (χ0) is 39.1. The van der Waals surface area contributed by atoms with Gasteiger partial charge in [-0.15, -0.1) is 0 Å². The number of Topliss-reactive ketones (excluding diaryl/α,β-unsaturated/α-hetero) is 2. The van der Waals surface area contributed by atoms with Crippen LogP contribution in [0.25, 0.3) is 0 Å². The van der Waals surface area contributed by atoms with Gasteiger partial charge >= 0.3 is 5.97 Å². The van der Waals surface area contributed by atoms with Gasteiger partial charge in [-0.25, -0.2) is 0 Å². The molecule has 6 nitrogen and oxygen atoms in total. The first-order valence-corrected chi connectivity index (χ1v) is 18.9. The topological polar surface area (TPSA) is 101 Å². The van der Waals surface area contributed by atoms with Gasteiger partial charge in [0, 0.05) is 47.7 Å². The van der Waals surface area contributed by atoms with Crippen LogP contribution in [0.2, 0.25) is 0 Å². The molecule has 1 fully saturated rings. The van der Waals surface area contributed by atoms with E-state index in [9.17, 15) is 24.6 Å². The number of aliphatic hydroxyl groups excluding tert-OH is 1. The summed E-state index contributed by atoms with van der Waals surface area (Å²) in [7, 11) is 0. The maximum atomic E-state index is 13.0. The molecule has 0 heterocycles. The van der Waals surface area contributed by atoms with E-state index in [1.807, 2.05) is 96.2 Å². The lowest BCUT2D eigenvalue weighted by atomic mass is 9.58. The van der Waals surface area contributed by atoms with Crippen LogP contribution in [-0.2, 0) is 19.1 Å². The molecule has 0 aromatic rings. The first kappa shape index (κ1) is 44.4. The predicted octanol–water partition coefficient (Wildman–Crippen LogP) is 9.76. The number of allylic oxidation sites excluding steroid dienone is 14. The van der Waals surface area contributed by atoms with Crippen LogP contribution >= 0.6 is 0 Å². The van der Waals surface area contributed by atoms with Crippen LogP contribution < -0.4 is 0 Å². The van der Waals surface area contributed by atoms with Crippen LogP contribution in [-0.4, -0.2) is 46.1 Å². The molecule has 2 aliphatic carbocycles. The molecular formula is C46H64O6. The summed E-state index contributed by atoms with van der Waals surface area (Å²) in [5, 5.41) is 21.7. The smallest absolute Gasteiger partial charge is 0.306 e. The zero-order valence-corrected chi connectivity index (χ0v) is 33.5. The molecular weight excluding hydrogens is 649 g/mol. The minimum atomic E-state index is -1.22. The number of ketones is 2. The van der Waals surface area contributed by atoms with Crippen molar-refractivity contribution in [1.82, 2.24) is 0 Å². The first-order valence-electron chi connectivity index (χ1n) is 18.9. The quantitative estimate of drug-likeness (QED) is 0.0577. The number of hydrogen-bond acceptors (Lipinski definition) is 6. The van der Waals surface area contributed by atoms with Crippen molar-refractivity contribution in [2.45, 2.75) is 139 Å². The minimum absolute atomic E-state index is 0.00147. The molecule has 3 atom stereocenters. The van der Waals surface area contributed by atoms with Crippen molar-refractivity contribution < 1.29 is 29.3 Å². The van der Waals surface area contributed by atoms with Gasteiger partial charge < -0.3 is 14.9 Å². The highest BCUT2D eigenvalue weighted by Gasteiger charge is 2.53. The molecule has 2 aliphatic rings. The SMILES string of the molecule is CCCCCC(=O)OCC(C#CC1=C(C)CC(O)CC1(C)C)=CC=CC(C)=CC=CC=C(C)C=CC=C(C)C(=O)CC1(O)C(C)CC(=O)CC1(C)C. The second-order valence-electron chi connectivity index (χ2n) is 16.2. The van der Waals surface area contributed by atoms with Gasteiger partial charge in [-0.05, 0) is 64.5 Å². The van der Waals surface area contributed by atoms with Crippen molar-refractivity contribution in [3.05, 3.63) is 94.2 Å². The molecule has 0 saturated heterocycles. The number of carbonyl (C=O) groups is 3. The molecule has 2 rings (SSSR count). The van der Waals surface area contributed by atoms with Gasteiger partial charge in [-0.1, -0.05) is 138 Å². The summed E-state index contributed by atoms with van der Waals surface area (Å²) in [6.07, 6.45) is 24.0. The molecule has 0 spiro atoms. The van der Waals surface area contributed by atoms with Crippen molar-refractivity contribution in [2.75, 3.05) is 6.61 Å². The summed E-state index contributed by atoms with van der Waals surface area (Å²) in [5.41, 5.74) is 3.33. The fourth-order valence-corrected chi connectivity index (χ4v) is 7.06. The summed E-state index contributed by atoms with van der Waals surface area (Å²) in [4.78, 5) is 37.4. The number of aliphatic hydroxyl groups is 2. The number of esters is 1. The molecule has 0 aromatic carbocycles. The second-order valence-corrected chi connectivity index (χ2v) is 16.2. The van der Waals surface area contributed by atoms with Crippen molar-refractivity contribution >= 4 is 17.5 Å². The predicted molar refractivity (Wildman–Crippen MR) is 213 cm³/mol. The van der Waals surface area contributed by atoms with Gasteiger partial charge in [0.25, 0.3) is 0 Å². The molecule has 3 unspecified atom stereocenters. The maximum absolute atomic E-state index is 13.0. The molecule has 52 heavy (non-hydrogen) atoms. The maximum Gasteiger partial charge on any atom is 0.306 e. The molecule has 0 aliphatic heterocycles. The standard InChI is InChI=1S/C46H64O6/c1-11-12-13-24-43(50)52-32-38(25-26-41-36(5)27-39(47)29-44(41,7)8)23-17-21-34(3)19-15-14-18-33(2)20-16-22-35(4)42(49)31-46(51)37(6)28-40(48)30-45(46,9)10/h14-23,37,39,47,51H,11-13,24,27-32H2,1-10H3. The molecule has 0 aromatic heterocycles. The fourth-order valence-electron chi connectivity index (χ4n) is 7.06. The first-order chi connectivity index (χ1) is 24.3. The highest BCUT2D eigenvalue weighted by molar-refractivity contribution is 5.96. The third kappa shape index (κ3) is 14.0. The van der Waals surface area contributed by atoms with E-state index in [-0.39, 0.29) is 54.4 Å². The van der Waals surface area contributed by atoms with Gasteiger partial charge in [0.05, 0.1) is 11.7 Å². The van der Waals surface area contributed by atoms with Gasteiger partial charge in [-0.2, -0.15) is 0 Å². The third-order valence-corrected chi connectivity index (χ3v) is 10.3. The molecule has 0 radical (unpaired) electrons. The molecule has 284 valence electrons. The van der Waals surface area contributed by atoms with E-state index in [0.717, 1.165) is 41.6 Å². The van der Waals surface area contributed by atoms with Gasteiger partial charge in [0.15, 0.2) is 5.78 Å². The highest BCUT2D eigenvalue weighted by atomic mass is 16.5. The van der Waals surface area contributed by atoms with Gasteiger partial charge in [0.1, 0.15) is 12.4 Å². The summed E-state index contributed by atoms with van der Waals surface area (Å²) in [6.45, 7) is 19.8. The van der Waals surface area contributed by atoms with Gasteiger partial charge in [0.2, 0.25) is 0 Å². The van der Waals surface area contributed by atoms with E-state index in [2.05, 4.69) is 32.6 Å². The van der Waals surface area contributed by atoms with Crippen LogP contribution in [0.4, 0.5) is 0 Å². The van der Waals surface area contributed by atoms with E-state index in [1.165, 1.54) is 0 Å². The highest BCUT2D eigenvalue weighted by Crippen LogP contribution is 2.48. The largest absolute Gasteiger partial charge is 0.460 e. The lowest BCUT2D eigenvalue weighted by Crippen LogP contribution is -2.55. The Morgan fingerprint density at radius 1 is 0.923 bits per heavy atom. The summed E-state index contributed by atoms with van der Waals surface area (Å²) >= 11 is 0. The molecule has 6 heteroatoms. The van der Waals surface area contributed by atoms with E-state index in [1.54, 1.807) is 13.0 Å². The van der Waals surface area contributed by atoms with Crippen molar-refractivity contribution in [3.63, 3.8) is 0 Å². The monoisotopic (exact) mass is 712 g/mol. The average molecular weight is 713 g/mol. The Hall–Kier alpha value is -3.79. The molecule has 0 amide bonds. The Labute approximate surface area is 314 Å². The van der Waals surface area contributed by atoms with Crippen molar-refractivity contribution in [3.8, 4) is 11.8 Å². The van der Waals surface area contributed by atoms with E-state index >= 15 is 0 Å². The van der Waals surface area contributed by atoms with Crippen molar-refractivity contribution in [1.29, 1.82) is 0 Å². The summed E-state index contributed by atoms with van der Waals surface area (Å²) in [6, 6.07) is 0. The lowest BCUT2D eigenvalue weighted by molar-refractivity contribution is -0.162. The van der Waals surface area contributed by atoms with Crippen molar-refractivity contribution in [2.24, 2.45) is 16.7 Å². The van der Waals surface area contributed by atoms with E-state index < -0.39 is 11.0 Å². The molecule has 2 N–H and O–H groups in total. The summed E-state index contributed by atoms with van der Waals surface area (Å²) in [5.74, 6) is 6.13. The van der Waals surface area contributed by atoms with Crippen LogP contribution in [0.5, 0.6) is 0 Å². The lowest BCUT2D eigenvalue weighted by Gasteiger charge is -2.49. The Morgan fingerprint density at radius 3 is 2.12 bits per heavy atom. The van der Waals surface area contributed by atoms with E-state index in [4.69, 9.17) is 4.74 Å². The fraction of sp³-hybridized carbons (Fsp3) is 0.543. The van der Waals surface area contributed by atoms with Gasteiger partial charge in [-0.3, -0.25) is 14.4 Å². The average Bonchev–Trinajstić information content (AvgIpc) is 3.03. The van der Waals surface area contributed by atoms with E-state index in [0.29, 0.717) is 36.8 Å². The normalized spacial score (nSPS) is 24.5. The Bertz CT molecular complexity index is 1610. The summed E-state index contributed by atoms with van der Waals surface area (Å²) < 4.78 is 5.57. The Kier molecular flexibility index (Phi) is 17.5. The van der Waals surface area contributed by atoms with Crippen LogP contribution in [0.3, 0.4) is 0 Å². The molecule has 0 bridgehead atoms. The zero-order valence-electron chi connectivity index (χ0n) is 33.5. The number of unbranched alkanes of at least 4 members (excludes halogenated alkanes) is 2. The van der Waals surface area contributed by atoms with Crippen LogP contribution in [0, 0.1) is 28.6 Å². The number of rotatable bonds is 15. The second kappa shape index (κ2) is 20.5. The Balaban J connectivity index is 2.08. The third-order valence-electron chi connectivity index (χ3n) is 10.3. The Morgan fingerprint density at radius 2 is 1.54 bits per heavy atom. The van der Waals surface area contributed by atoms with Crippen LogP contribution in [0.15, 0.2) is 94.2 Å². The molecule has 1 saturated carbocycles. The minimum Gasteiger partial charge on any atom is -0.460 e. The number of hydrogen-bond donors (Lipinski definition) is 2. The van der Waals surface area contributed by atoms with Crippen LogP contribution in [0.1, 0.15) is 127 Å². The number of ether oxygens (including phenoxy) is 1.